The molecule has 0 amide bonds. The Labute approximate surface area is 174 Å². The van der Waals surface area contributed by atoms with E-state index >= 15 is 0 Å². The monoisotopic (exact) mass is 397 g/mol. The Morgan fingerprint density at radius 1 is 0.733 bits per heavy atom. The lowest BCUT2D eigenvalue weighted by molar-refractivity contribution is 0.592. The van der Waals surface area contributed by atoms with Crippen LogP contribution < -0.4 is 10.6 Å². The zero-order valence-electron chi connectivity index (χ0n) is 16.7. The summed E-state index contributed by atoms with van der Waals surface area (Å²) in [4.78, 5) is 12.7. The van der Waals surface area contributed by atoms with Crippen LogP contribution in [0.2, 0.25) is 0 Å². The molecule has 6 rings (SSSR count). The second kappa shape index (κ2) is 7.06. The average molecular weight is 397 g/mol. The van der Waals surface area contributed by atoms with Crippen molar-refractivity contribution in [1.29, 1.82) is 0 Å². The molecule has 2 aromatic carbocycles. The van der Waals surface area contributed by atoms with Crippen molar-refractivity contribution >= 4 is 33.5 Å². The second-order valence-corrected chi connectivity index (χ2v) is 7.87. The fourth-order valence-corrected chi connectivity index (χ4v) is 4.18. The molecule has 2 aromatic heterocycles. The van der Waals surface area contributed by atoms with Gasteiger partial charge in [0, 0.05) is 53.7 Å². The topological polar surface area (TPSA) is 77.7 Å². The van der Waals surface area contributed by atoms with Crippen LogP contribution >= 0.6 is 0 Å². The number of nitrogens with one attached hydrogen (secondary N) is 3. The van der Waals surface area contributed by atoms with Crippen molar-refractivity contribution in [3.8, 4) is 11.3 Å². The van der Waals surface area contributed by atoms with E-state index in [-0.39, 0.29) is 0 Å². The third kappa shape index (κ3) is 3.05. The van der Waals surface area contributed by atoms with Gasteiger partial charge >= 0.3 is 0 Å². The molecule has 0 atom stereocenters. The zero-order chi connectivity index (χ0) is 19.9. The van der Waals surface area contributed by atoms with E-state index in [1.54, 1.807) is 0 Å². The highest BCUT2D eigenvalue weighted by Gasteiger charge is 2.14. The first kappa shape index (κ1) is 17.3. The molecular formula is C24H23N5O. The van der Waals surface area contributed by atoms with Crippen molar-refractivity contribution < 1.29 is 4.42 Å². The van der Waals surface area contributed by atoms with Gasteiger partial charge in [0.05, 0.1) is 0 Å². The van der Waals surface area contributed by atoms with E-state index in [0.717, 1.165) is 89.8 Å². The lowest BCUT2D eigenvalue weighted by Gasteiger charge is -2.14. The van der Waals surface area contributed by atoms with Crippen LogP contribution in [0.15, 0.2) is 62.9 Å². The number of benzene rings is 2. The van der Waals surface area contributed by atoms with Gasteiger partial charge in [-0.15, -0.1) is 0 Å². The first-order chi connectivity index (χ1) is 14.8. The summed E-state index contributed by atoms with van der Waals surface area (Å²) in [6.45, 7) is 3.68. The number of nitrogens with zero attached hydrogens (tertiary/aromatic N) is 2. The molecule has 2 aliphatic heterocycles. The summed E-state index contributed by atoms with van der Waals surface area (Å²) in [5, 5.41) is 9.00. The van der Waals surface area contributed by atoms with E-state index in [1.165, 1.54) is 5.39 Å². The maximum Gasteiger partial charge on any atom is 0.170 e. The summed E-state index contributed by atoms with van der Waals surface area (Å²) in [5.41, 5.74) is 5.36. The van der Waals surface area contributed by atoms with Crippen LogP contribution in [0.3, 0.4) is 0 Å². The van der Waals surface area contributed by atoms with Crippen LogP contribution in [-0.4, -0.2) is 42.8 Å². The molecule has 30 heavy (non-hydrogen) atoms. The third-order valence-electron chi connectivity index (χ3n) is 5.75. The summed E-state index contributed by atoms with van der Waals surface area (Å²) >= 11 is 0. The average Bonchev–Trinajstić information content (AvgIpc) is 3.43. The van der Waals surface area contributed by atoms with Crippen molar-refractivity contribution in [3.05, 3.63) is 59.9 Å². The molecule has 6 nitrogen and oxygen atoms in total. The maximum absolute atomic E-state index is 6.02. The van der Waals surface area contributed by atoms with Gasteiger partial charge in [-0.25, -0.2) is 0 Å². The minimum Gasteiger partial charge on any atom is -0.453 e. The highest BCUT2D eigenvalue weighted by Crippen LogP contribution is 2.29. The van der Waals surface area contributed by atoms with Crippen LogP contribution in [0.4, 0.5) is 0 Å². The number of aliphatic imine (C=N–C) groups is 2. The van der Waals surface area contributed by atoms with Crippen LogP contribution in [-0.2, 0) is 0 Å². The molecule has 0 bridgehead atoms. The van der Waals surface area contributed by atoms with Crippen molar-refractivity contribution in [3.63, 3.8) is 0 Å². The van der Waals surface area contributed by atoms with Gasteiger partial charge in [-0.05, 0) is 54.8 Å². The molecule has 4 heterocycles. The Morgan fingerprint density at radius 3 is 2.33 bits per heavy atom. The second-order valence-electron chi connectivity index (χ2n) is 7.87. The fraction of sp³-hybridized carbons (Fsp3) is 0.250. The van der Waals surface area contributed by atoms with Crippen LogP contribution in [0.1, 0.15) is 24.2 Å². The summed E-state index contributed by atoms with van der Waals surface area (Å²) in [7, 11) is 0. The molecule has 2 aliphatic rings. The molecule has 0 aliphatic carbocycles. The number of aromatic nitrogens is 1. The predicted octanol–water partition coefficient (Wildman–Crippen LogP) is 4.06. The van der Waals surface area contributed by atoms with Crippen molar-refractivity contribution in [2.45, 2.75) is 12.8 Å². The molecule has 150 valence electrons. The number of amidine groups is 2. The number of hydrogen-bond acceptors (Lipinski definition) is 5. The lowest BCUT2D eigenvalue weighted by Crippen LogP contribution is -2.30. The Balaban J connectivity index is 1.36. The third-order valence-corrected chi connectivity index (χ3v) is 5.75. The van der Waals surface area contributed by atoms with E-state index in [1.807, 2.05) is 6.07 Å². The van der Waals surface area contributed by atoms with Gasteiger partial charge in [0.2, 0.25) is 0 Å². The number of H-pyrrole nitrogens is 1. The van der Waals surface area contributed by atoms with Crippen molar-refractivity contribution in [2.75, 3.05) is 26.2 Å². The first-order valence-corrected chi connectivity index (χ1v) is 10.6. The van der Waals surface area contributed by atoms with Crippen molar-refractivity contribution in [1.82, 2.24) is 15.6 Å². The molecule has 0 saturated carbocycles. The minimum atomic E-state index is 0.809. The van der Waals surface area contributed by atoms with Gasteiger partial charge < -0.3 is 20.0 Å². The molecule has 0 unspecified atom stereocenters. The minimum absolute atomic E-state index is 0.809. The maximum atomic E-state index is 6.02. The van der Waals surface area contributed by atoms with Gasteiger partial charge in [0.15, 0.2) is 11.6 Å². The Bertz CT molecular complexity index is 1290. The molecule has 0 saturated heterocycles. The van der Waals surface area contributed by atoms with E-state index in [2.05, 4.69) is 68.1 Å². The standard InChI is InChI=1S/C24H23N5O/c1-7-25-23(26-8-1)17-4-3-16-12-19(29-20(16)13-17)15-5-6-21-18(11-15)14-22(30-21)24-27-9-2-10-28-24/h3-6,11-14,29H,1-2,7-10H2,(H,25,26)(H,27,28). The van der Waals surface area contributed by atoms with E-state index < -0.39 is 0 Å². The summed E-state index contributed by atoms with van der Waals surface area (Å²) in [5.74, 6) is 2.66. The van der Waals surface area contributed by atoms with Crippen molar-refractivity contribution in [2.24, 2.45) is 9.98 Å². The highest BCUT2D eigenvalue weighted by molar-refractivity contribution is 6.03. The number of hydrogen-bond donors (Lipinski definition) is 3. The molecule has 3 N–H and O–H groups in total. The van der Waals surface area contributed by atoms with Crippen LogP contribution in [0, 0.1) is 0 Å². The van der Waals surface area contributed by atoms with Gasteiger partial charge in [0.25, 0.3) is 0 Å². The SMILES string of the molecule is c1cc2cc(-c3ccc4oc(C5=NCCCN5)cc4c3)[nH]c2cc1C1=NCCCN1. The van der Waals surface area contributed by atoms with Gasteiger partial charge in [-0.2, -0.15) is 0 Å². The molecule has 0 fully saturated rings. The number of rotatable bonds is 3. The molecule has 6 heteroatoms. The predicted molar refractivity (Wildman–Crippen MR) is 122 cm³/mol. The van der Waals surface area contributed by atoms with Gasteiger partial charge in [0.1, 0.15) is 11.4 Å². The van der Waals surface area contributed by atoms with E-state index in [0.29, 0.717) is 0 Å². The first-order valence-electron chi connectivity index (χ1n) is 10.6. The largest absolute Gasteiger partial charge is 0.453 e. The Hall–Kier alpha value is -3.54. The molecule has 4 aromatic rings. The quantitative estimate of drug-likeness (QED) is 0.488. The zero-order valence-corrected chi connectivity index (χ0v) is 16.7. The van der Waals surface area contributed by atoms with Crippen LogP contribution in [0.25, 0.3) is 33.1 Å². The summed E-state index contributed by atoms with van der Waals surface area (Å²) in [6, 6.07) is 17.1. The molecule has 0 spiro atoms. The smallest absolute Gasteiger partial charge is 0.170 e. The van der Waals surface area contributed by atoms with Crippen LogP contribution in [0.5, 0.6) is 0 Å². The summed E-state index contributed by atoms with van der Waals surface area (Å²) in [6.07, 6.45) is 2.17. The Kier molecular flexibility index (Phi) is 4.08. The van der Waals surface area contributed by atoms with Gasteiger partial charge in [-0.1, -0.05) is 12.1 Å². The normalized spacial score (nSPS) is 16.8. The molecular weight excluding hydrogens is 374 g/mol. The lowest BCUT2D eigenvalue weighted by atomic mass is 10.1. The Morgan fingerprint density at radius 2 is 1.53 bits per heavy atom. The van der Waals surface area contributed by atoms with Gasteiger partial charge in [-0.3, -0.25) is 9.98 Å². The fourth-order valence-electron chi connectivity index (χ4n) is 4.18. The summed E-state index contributed by atoms with van der Waals surface area (Å²) < 4.78 is 6.02. The highest BCUT2D eigenvalue weighted by atomic mass is 16.3. The molecule has 0 radical (unpaired) electrons. The number of aromatic amines is 1. The number of fused-ring (bicyclic) bond motifs is 2. The number of furan rings is 1. The van der Waals surface area contributed by atoms with E-state index in [9.17, 15) is 0 Å². The van der Waals surface area contributed by atoms with E-state index in [4.69, 9.17) is 4.42 Å².